The number of amides is 1. The predicted molar refractivity (Wildman–Crippen MR) is 96.6 cm³/mol. The number of nitrogens with zero attached hydrogens (tertiary/aromatic N) is 4. The predicted octanol–water partition coefficient (Wildman–Crippen LogP) is 2.26. The molecule has 0 radical (unpaired) electrons. The molecule has 5 heteroatoms. The summed E-state index contributed by atoms with van der Waals surface area (Å²) in [6.45, 7) is 10.1. The number of hydrogen-bond acceptors (Lipinski definition) is 4. The van der Waals surface area contributed by atoms with Crippen molar-refractivity contribution in [1.29, 1.82) is 0 Å². The number of anilines is 2. The van der Waals surface area contributed by atoms with Crippen LogP contribution in [0, 0.1) is 5.92 Å². The molecule has 0 unspecified atom stereocenters. The van der Waals surface area contributed by atoms with Gasteiger partial charge in [-0.3, -0.25) is 4.79 Å². The van der Waals surface area contributed by atoms with Crippen LogP contribution >= 0.6 is 0 Å². The Bertz CT molecular complexity index is 662. The molecule has 0 spiro atoms. The van der Waals surface area contributed by atoms with Crippen LogP contribution in [-0.4, -0.2) is 55.1 Å². The first-order valence-electron chi connectivity index (χ1n) is 9.11. The van der Waals surface area contributed by atoms with Crippen molar-refractivity contribution in [3.05, 3.63) is 17.8 Å². The van der Waals surface area contributed by atoms with Crippen LogP contribution < -0.4 is 9.80 Å². The van der Waals surface area contributed by atoms with E-state index in [9.17, 15) is 4.79 Å². The van der Waals surface area contributed by atoms with Gasteiger partial charge in [-0.25, -0.2) is 4.98 Å². The van der Waals surface area contributed by atoms with E-state index < -0.39 is 0 Å². The second-order valence-electron chi connectivity index (χ2n) is 8.68. The molecule has 3 heterocycles. The third-order valence-corrected chi connectivity index (χ3v) is 5.55. The Morgan fingerprint density at radius 3 is 2.67 bits per heavy atom. The maximum atomic E-state index is 13.2. The van der Waals surface area contributed by atoms with Crippen molar-refractivity contribution in [3.8, 4) is 0 Å². The zero-order chi connectivity index (χ0) is 17.1. The smallest absolute Gasteiger partial charge is 0.251 e. The van der Waals surface area contributed by atoms with E-state index in [0.29, 0.717) is 5.92 Å². The van der Waals surface area contributed by atoms with Gasteiger partial charge in [0.05, 0.1) is 5.69 Å². The second kappa shape index (κ2) is 5.45. The first kappa shape index (κ1) is 15.9. The van der Waals surface area contributed by atoms with Gasteiger partial charge in [-0.2, -0.15) is 0 Å². The van der Waals surface area contributed by atoms with Crippen LogP contribution in [0.1, 0.15) is 39.2 Å². The zero-order valence-electron chi connectivity index (χ0n) is 15.2. The lowest BCUT2D eigenvalue weighted by atomic mass is 9.87. The standard InChI is InChI=1S/C19H28N4O/c1-19(2,3)14-9-15-17(20-10-14)22-8-7-21(4)12-16(22)18(24)23(15)11-13-5-6-13/h9-10,13,16H,5-8,11-12H2,1-4H3/t16-/m0/s1. The number of pyridine rings is 1. The maximum absolute atomic E-state index is 13.2. The molecule has 2 fully saturated rings. The van der Waals surface area contributed by atoms with Gasteiger partial charge in [0, 0.05) is 32.4 Å². The third kappa shape index (κ3) is 2.69. The Morgan fingerprint density at radius 1 is 1.25 bits per heavy atom. The number of likely N-dealkylation sites (N-methyl/N-ethyl adjacent to an activating group) is 1. The zero-order valence-corrected chi connectivity index (χ0v) is 15.2. The van der Waals surface area contributed by atoms with E-state index in [1.807, 2.05) is 11.1 Å². The number of carbonyl (C=O) groups is 1. The fourth-order valence-electron chi connectivity index (χ4n) is 3.71. The van der Waals surface area contributed by atoms with Crippen LogP contribution in [0.4, 0.5) is 11.5 Å². The summed E-state index contributed by atoms with van der Waals surface area (Å²) in [5.41, 5.74) is 2.26. The summed E-state index contributed by atoms with van der Waals surface area (Å²) in [5.74, 6) is 1.93. The SMILES string of the molecule is CN1CCN2c3ncc(C(C)(C)C)cc3N(CC3CC3)C(=O)[C@@H]2C1. The summed E-state index contributed by atoms with van der Waals surface area (Å²) in [6.07, 6.45) is 4.50. The Morgan fingerprint density at radius 2 is 2.00 bits per heavy atom. The minimum absolute atomic E-state index is 0.0370. The van der Waals surface area contributed by atoms with Crippen LogP contribution in [0.25, 0.3) is 0 Å². The molecule has 2 aliphatic heterocycles. The van der Waals surface area contributed by atoms with Crippen molar-refractivity contribution < 1.29 is 4.79 Å². The maximum Gasteiger partial charge on any atom is 0.251 e. The van der Waals surface area contributed by atoms with Crippen molar-refractivity contribution in [1.82, 2.24) is 9.88 Å². The first-order chi connectivity index (χ1) is 11.3. The average Bonchev–Trinajstić information content (AvgIpc) is 3.34. The Hall–Kier alpha value is -1.62. The highest BCUT2D eigenvalue weighted by atomic mass is 16.2. The van der Waals surface area contributed by atoms with E-state index in [1.54, 1.807) is 0 Å². The van der Waals surface area contributed by atoms with Crippen LogP contribution in [0.5, 0.6) is 0 Å². The first-order valence-corrected chi connectivity index (χ1v) is 9.11. The summed E-state index contributed by atoms with van der Waals surface area (Å²) < 4.78 is 0. The monoisotopic (exact) mass is 328 g/mol. The van der Waals surface area contributed by atoms with Gasteiger partial charge in [-0.05, 0) is 42.9 Å². The highest BCUT2D eigenvalue weighted by Gasteiger charge is 2.43. The molecule has 0 bridgehead atoms. The lowest BCUT2D eigenvalue weighted by Crippen LogP contribution is -2.62. The fraction of sp³-hybridized carbons (Fsp3) is 0.684. The van der Waals surface area contributed by atoms with Gasteiger partial charge in [0.15, 0.2) is 5.82 Å². The number of rotatable bonds is 2. The summed E-state index contributed by atoms with van der Waals surface area (Å²) in [4.78, 5) is 24.6. The van der Waals surface area contributed by atoms with Crippen molar-refractivity contribution >= 4 is 17.4 Å². The number of hydrogen-bond donors (Lipinski definition) is 0. The molecule has 1 atom stereocenters. The minimum Gasteiger partial charge on any atom is -0.340 e. The molecule has 1 saturated heterocycles. The third-order valence-electron chi connectivity index (χ3n) is 5.55. The van der Waals surface area contributed by atoms with Crippen LogP contribution in [0.2, 0.25) is 0 Å². The lowest BCUT2D eigenvalue weighted by Gasteiger charge is -2.47. The second-order valence-corrected chi connectivity index (χ2v) is 8.68. The molecule has 3 aliphatic rings. The molecular weight excluding hydrogens is 300 g/mol. The van der Waals surface area contributed by atoms with Crippen molar-refractivity contribution in [2.45, 2.75) is 45.1 Å². The summed E-state index contributed by atoms with van der Waals surface area (Å²) in [5, 5.41) is 0. The minimum atomic E-state index is -0.0806. The van der Waals surface area contributed by atoms with Gasteiger partial charge < -0.3 is 14.7 Å². The molecule has 1 aromatic heterocycles. The topological polar surface area (TPSA) is 39.7 Å². The van der Waals surface area contributed by atoms with Crippen LogP contribution in [-0.2, 0) is 10.2 Å². The molecule has 0 aromatic carbocycles. The molecule has 1 amide bonds. The van der Waals surface area contributed by atoms with Crippen LogP contribution in [0.3, 0.4) is 0 Å². The molecular formula is C19H28N4O. The number of fused-ring (bicyclic) bond motifs is 3. The molecule has 4 rings (SSSR count). The van der Waals surface area contributed by atoms with E-state index in [1.165, 1.54) is 18.4 Å². The van der Waals surface area contributed by atoms with E-state index in [2.05, 4.69) is 43.7 Å². The normalized spacial score (nSPS) is 24.8. The fourth-order valence-corrected chi connectivity index (χ4v) is 3.71. The van der Waals surface area contributed by atoms with E-state index >= 15 is 0 Å². The van der Waals surface area contributed by atoms with Crippen molar-refractivity contribution in [2.75, 3.05) is 43.0 Å². The van der Waals surface area contributed by atoms with Gasteiger partial charge in [-0.15, -0.1) is 0 Å². The van der Waals surface area contributed by atoms with Gasteiger partial charge in [-0.1, -0.05) is 20.8 Å². The van der Waals surface area contributed by atoms with Crippen LogP contribution in [0.15, 0.2) is 12.3 Å². The molecule has 1 aliphatic carbocycles. The van der Waals surface area contributed by atoms with E-state index in [4.69, 9.17) is 4.98 Å². The summed E-state index contributed by atoms with van der Waals surface area (Å²) in [7, 11) is 2.10. The van der Waals surface area contributed by atoms with Gasteiger partial charge in [0.25, 0.3) is 5.91 Å². The molecule has 5 nitrogen and oxygen atoms in total. The molecule has 1 aromatic rings. The summed E-state index contributed by atoms with van der Waals surface area (Å²) in [6, 6.07) is 2.12. The summed E-state index contributed by atoms with van der Waals surface area (Å²) >= 11 is 0. The highest BCUT2D eigenvalue weighted by molar-refractivity contribution is 6.05. The molecule has 0 N–H and O–H groups in total. The number of aromatic nitrogens is 1. The Kier molecular flexibility index (Phi) is 3.60. The van der Waals surface area contributed by atoms with Gasteiger partial charge in [0.2, 0.25) is 0 Å². The van der Waals surface area contributed by atoms with Crippen molar-refractivity contribution in [3.63, 3.8) is 0 Å². The number of piperazine rings is 1. The number of carbonyl (C=O) groups excluding carboxylic acids is 1. The van der Waals surface area contributed by atoms with E-state index in [-0.39, 0.29) is 17.4 Å². The Labute approximate surface area is 144 Å². The molecule has 1 saturated carbocycles. The van der Waals surface area contributed by atoms with E-state index in [0.717, 1.165) is 37.7 Å². The van der Waals surface area contributed by atoms with Crippen molar-refractivity contribution in [2.24, 2.45) is 5.92 Å². The largest absolute Gasteiger partial charge is 0.340 e. The molecule has 24 heavy (non-hydrogen) atoms. The Balaban J connectivity index is 1.78. The van der Waals surface area contributed by atoms with Gasteiger partial charge >= 0.3 is 0 Å². The molecule has 130 valence electrons. The lowest BCUT2D eigenvalue weighted by molar-refractivity contribution is -0.121. The average molecular weight is 328 g/mol. The van der Waals surface area contributed by atoms with Gasteiger partial charge in [0.1, 0.15) is 6.04 Å². The highest BCUT2D eigenvalue weighted by Crippen LogP contribution is 2.41. The quantitative estimate of drug-likeness (QED) is 0.835.